The van der Waals surface area contributed by atoms with Crippen molar-refractivity contribution in [1.82, 2.24) is 5.32 Å². The van der Waals surface area contributed by atoms with Gasteiger partial charge in [-0.05, 0) is 33.6 Å². The van der Waals surface area contributed by atoms with E-state index in [0.29, 0.717) is 25.4 Å². The van der Waals surface area contributed by atoms with Gasteiger partial charge in [-0.1, -0.05) is 0 Å². The zero-order valence-electron chi connectivity index (χ0n) is 11.4. The molecule has 1 aliphatic rings. The first-order chi connectivity index (χ1) is 8.20. The summed E-state index contributed by atoms with van der Waals surface area (Å²) in [7, 11) is 0. The van der Waals surface area contributed by atoms with Crippen LogP contribution in [0.15, 0.2) is 0 Å². The van der Waals surface area contributed by atoms with Crippen molar-refractivity contribution in [2.24, 2.45) is 0 Å². The molecule has 0 aromatic carbocycles. The molecule has 2 atom stereocenters. The van der Waals surface area contributed by atoms with Gasteiger partial charge in [-0.15, -0.1) is 0 Å². The number of hydrogen-bond acceptors (Lipinski definition) is 4. The number of rotatable bonds is 9. The molecule has 1 rings (SSSR count). The fourth-order valence-electron chi connectivity index (χ4n) is 1.93. The molecule has 0 radical (unpaired) electrons. The summed E-state index contributed by atoms with van der Waals surface area (Å²) in [6.45, 7) is 10.1. The largest absolute Gasteiger partial charge is 0.378 e. The van der Waals surface area contributed by atoms with Gasteiger partial charge in [-0.3, -0.25) is 0 Å². The lowest BCUT2D eigenvalue weighted by molar-refractivity contribution is 0.0185. The molecule has 0 aromatic rings. The van der Waals surface area contributed by atoms with Crippen molar-refractivity contribution in [2.45, 2.75) is 51.9 Å². The lowest BCUT2D eigenvalue weighted by Gasteiger charge is -2.19. The molecule has 1 fully saturated rings. The van der Waals surface area contributed by atoms with Crippen LogP contribution in [0.5, 0.6) is 0 Å². The Morgan fingerprint density at radius 1 is 1.24 bits per heavy atom. The molecule has 4 nitrogen and oxygen atoms in total. The summed E-state index contributed by atoms with van der Waals surface area (Å²) < 4.78 is 16.5. The predicted octanol–water partition coefficient (Wildman–Crippen LogP) is 1.59. The minimum Gasteiger partial charge on any atom is -0.378 e. The fourth-order valence-corrected chi connectivity index (χ4v) is 1.93. The molecular weight excluding hydrogens is 218 g/mol. The molecule has 0 spiro atoms. The van der Waals surface area contributed by atoms with Gasteiger partial charge in [0.15, 0.2) is 0 Å². The highest BCUT2D eigenvalue weighted by Crippen LogP contribution is 2.14. The van der Waals surface area contributed by atoms with Crippen molar-refractivity contribution in [3.8, 4) is 0 Å². The summed E-state index contributed by atoms with van der Waals surface area (Å²) in [4.78, 5) is 0. The van der Waals surface area contributed by atoms with Crippen LogP contribution in [0.3, 0.4) is 0 Å². The van der Waals surface area contributed by atoms with Crippen LogP contribution in [0.2, 0.25) is 0 Å². The minimum atomic E-state index is 0.288. The van der Waals surface area contributed by atoms with E-state index in [4.69, 9.17) is 14.2 Å². The van der Waals surface area contributed by atoms with Crippen LogP contribution in [-0.4, -0.2) is 51.2 Å². The molecule has 1 heterocycles. The quantitative estimate of drug-likeness (QED) is 0.626. The van der Waals surface area contributed by atoms with E-state index in [1.54, 1.807) is 0 Å². The molecule has 102 valence electrons. The van der Waals surface area contributed by atoms with E-state index in [1.165, 1.54) is 12.8 Å². The fraction of sp³-hybridized carbons (Fsp3) is 1.00. The van der Waals surface area contributed by atoms with E-state index >= 15 is 0 Å². The Labute approximate surface area is 105 Å². The lowest BCUT2D eigenvalue weighted by Crippen LogP contribution is -2.38. The molecule has 0 amide bonds. The SMILES string of the molecule is CC(C)OCCOCCNC(C)C1CCCO1. The molecule has 0 aliphatic carbocycles. The van der Waals surface area contributed by atoms with Crippen LogP contribution in [-0.2, 0) is 14.2 Å². The van der Waals surface area contributed by atoms with Crippen molar-refractivity contribution in [3.05, 3.63) is 0 Å². The van der Waals surface area contributed by atoms with Gasteiger partial charge in [0.05, 0.1) is 32.0 Å². The number of hydrogen-bond donors (Lipinski definition) is 1. The molecule has 0 aromatic heterocycles. The van der Waals surface area contributed by atoms with Gasteiger partial charge in [-0.2, -0.15) is 0 Å². The van der Waals surface area contributed by atoms with E-state index in [-0.39, 0.29) is 6.10 Å². The highest BCUT2D eigenvalue weighted by atomic mass is 16.5. The van der Waals surface area contributed by atoms with Crippen LogP contribution in [0.1, 0.15) is 33.6 Å². The molecule has 4 heteroatoms. The number of nitrogens with one attached hydrogen (secondary N) is 1. The zero-order chi connectivity index (χ0) is 12.5. The average molecular weight is 245 g/mol. The second kappa shape index (κ2) is 8.86. The molecule has 17 heavy (non-hydrogen) atoms. The predicted molar refractivity (Wildman–Crippen MR) is 68.3 cm³/mol. The first-order valence-electron chi connectivity index (χ1n) is 6.74. The van der Waals surface area contributed by atoms with E-state index < -0.39 is 0 Å². The Morgan fingerprint density at radius 2 is 2.06 bits per heavy atom. The summed E-state index contributed by atoms with van der Waals surface area (Å²) in [5.41, 5.74) is 0. The van der Waals surface area contributed by atoms with Gasteiger partial charge in [-0.25, -0.2) is 0 Å². The van der Waals surface area contributed by atoms with Crippen molar-refractivity contribution >= 4 is 0 Å². The highest BCUT2D eigenvalue weighted by Gasteiger charge is 2.21. The normalized spacial score (nSPS) is 22.2. The van der Waals surface area contributed by atoms with Gasteiger partial charge in [0, 0.05) is 19.2 Å². The van der Waals surface area contributed by atoms with E-state index in [2.05, 4.69) is 12.2 Å². The summed E-state index contributed by atoms with van der Waals surface area (Å²) in [5, 5.41) is 3.43. The number of ether oxygens (including phenoxy) is 3. The van der Waals surface area contributed by atoms with Crippen LogP contribution < -0.4 is 5.32 Å². The average Bonchev–Trinajstić information content (AvgIpc) is 2.80. The van der Waals surface area contributed by atoms with Crippen molar-refractivity contribution in [2.75, 3.05) is 33.0 Å². The molecule has 1 aliphatic heterocycles. The van der Waals surface area contributed by atoms with Crippen molar-refractivity contribution in [3.63, 3.8) is 0 Å². The lowest BCUT2D eigenvalue weighted by atomic mass is 10.1. The van der Waals surface area contributed by atoms with Crippen LogP contribution in [0, 0.1) is 0 Å². The molecule has 0 bridgehead atoms. The summed E-state index contributed by atoms with van der Waals surface area (Å²) in [5.74, 6) is 0. The Balaban J connectivity index is 1.86. The van der Waals surface area contributed by atoms with E-state index in [0.717, 1.165) is 19.8 Å². The topological polar surface area (TPSA) is 39.7 Å². The Morgan fingerprint density at radius 3 is 2.71 bits per heavy atom. The third-order valence-corrected chi connectivity index (χ3v) is 2.91. The molecule has 2 unspecified atom stereocenters. The molecule has 0 saturated carbocycles. The Bertz CT molecular complexity index is 182. The Kier molecular flexibility index (Phi) is 7.77. The molecule has 1 N–H and O–H groups in total. The standard InChI is InChI=1S/C13H27NO3/c1-11(2)16-10-9-15-8-6-14-12(3)13-5-4-7-17-13/h11-14H,4-10H2,1-3H3. The second-order valence-corrected chi connectivity index (χ2v) is 4.83. The monoisotopic (exact) mass is 245 g/mol. The summed E-state index contributed by atoms with van der Waals surface area (Å²) >= 11 is 0. The van der Waals surface area contributed by atoms with Crippen molar-refractivity contribution < 1.29 is 14.2 Å². The third kappa shape index (κ3) is 6.99. The molecule has 1 saturated heterocycles. The van der Waals surface area contributed by atoms with Gasteiger partial charge in [0.2, 0.25) is 0 Å². The maximum atomic E-state index is 5.61. The Hall–Kier alpha value is -0.160. The highest BCUT2D eigenvalue weighted by molar-refractivity contribution is 4.76. The van der Waals surface area contributed by atoms with Crippen LogP contribution in [0.25, 0.3) is 0 Å². The van der Waals surface area contributed by atoms with Gasteiger partial charge < -0.3 is 19.5 Å². The van der Waals surface area contributed by atoms with Crippen LogP contribution in [0.4, 0.5) is 0 Å². The second-order valence-electron chi connectivity index (χ2n) is 4.83. The van der Waals surface area contributed by atoms with Gasteiger partial charge in [0.1, 0.15) is 0 Å². The minimum absolute atomic E-state index is 0.288. The van der Waals surface area contributed by atoms with E-state index in [9.17, 15) is 0 Å². The maximum absolute atomic E-state index is 5.61. The van der Waals surface area contributed by atoms with Crippen molar-refractivity contribution in [1.29, 1.82) is 0 Å². The van der Waals surface area contributed by atoms with Crippen LogP contribution >= 0.6 is 0 Å². The summed E-state index contributed by atoms with van der Waals surface area (Å²) in [6, 6.07) is 0.424. The summed E-state index contributed by atoms with van der Waals surface area (Å²) in [6.07, 6.45) is 3.05. The third-order valence-electron chi connectivity index (χ3n) is 2.91. The van der Waals surface area contributed by atoms with Gasteiger partial charge in [0.25, 0.3) is 0 Å². The van der Waals surface area contributed by atoms with Gasteiger partial charge >= 0.3 is 0 Å². The smallest absolute Gasteiger partial charge is 0.0726 e. The molecular formula is C13H27NO3. The van der Waals surface area contributed by atoms with E-state index in [1.807, 2.05) is 13.8 Å². The maximum Gasteiger partial charge on any atom is 0.0726 e. The zero-order valence-corrected chi connectivity index (χ0v) is 11.4. The first-order valence-corrected chi connectivity index (χ1v) is 6.74. The first kappa shape index (κ1) is 14.9.